The standard InChI is InChI=1S/C28H27ClF2N5O8S2/c1-28(2,3)44-27(37)35(24-14-45-15-32-24)46(40,41)23-11-19(29)22(12-20(23)31)43-21-8-7-16(30)10-17(21)18-13-34(33-26(18)36(38)39)25-6-4-5-9-42-25/h7-8,10-15,25,33H,4-6,9H2,1-3H3/q-1. The number of carbonyl (C=O) groups is 1. The smallest absolute Gasteiger partial charge is 0.430 e. The van der Waals surface area contributed by atoms with Gasteiger partial charge in [-0.25, -0.2) is 27.0 Å². The van der Waals surface area contributed by atoms with Crippen molar-refractivity contribution in [1.29, 1.82) is 0 Å². The summed E-state index contributed by atoms with van der Waals surface area (Å²) in [5.74, 6) is -2.98. The number of hydrogen-bond acceptors (Lipinski definition) is 10. The number of thiazole rings is 1. The van der Waals surface area contributed by atoms with Gasteiger partial charge in [-0.3, -0.25) is 4.90 Å². The first-order valence-corrected chi connectivity index (χ1v) is 16.5. The van der Waals surface area contributed by atoms with Gasteiger partial charge in [-0.15, -0.1) is 15.6 Å². The van der Waals surface area contributed by atoms with Crippen LogP contribution >= 0.6 is 22.9 Å². The Morgan fingerprint density at radius 3 is 2.59 bits per heavy atom. The molecule has 0 bridgehead atoms. The number of anilines is 1. The van der Waals surface area contributed by atoms with E-state index in [4.69, 9.17) is 25.8 Å². The molecule has 0 saturated carbocycles. The first-order chi connectivity index (χ1) is 21.7. The fraction of sp³-hybridized carbons (Fsp3) is 0.321. The van der Waals surface area contributed by atoms with E-state index in [0.29, 0.717) is 19.1 Å². The third-order valence-electron chi connectivity index (χ3n) is 6.55. The maximum atomic E-state index is 15.6. The van der Waals surface area contributed by atoms with Crippen LogP contribution in [-0.4, -0.2) is 41.5 Å². The van der Waals surface area contributed by atoms with E-state index in [1.165, 1.54) is 42.5 Å². The monoisotopic (exact) mass is 698 g/mol. The molecule has 1 fully saturated rings. The summed E-state index contributed by atoms with van der Waals surface area (Å²) < 4.78 is 75.8. The zero-order chi connectivity index (χ0) is 33.4. The molecule has 246 valence electrons. The number of nitrogens with zero attached hydrogens (tertiary/aromatic N) is 4. The minimum absolute atomic E-state index is 0.0549. The molecule has 0 aliphatic carbocycles. The van der Waals surface area contributed by atoms with Gasteiger partial charge in [-0.2, -0.15) is 9.78 Å². The van der Waals surface area contributed by atoms with Gasteiger partial charge in [-0.1, -0.05) is 11.6 Å². The molecule has 2 aromatic heterocycles. The molecule has 13 nitrogen and oxygen atoms in total. The van der Waals surface area contributed by atoms with E-state index in [9.17, 15) is 28.0 Å². The van der Waals surface area contributed by atoms with Gasteiger partial charge in [0.1, 0.15) is 33.6 Å². The van der Waals surface area contributed by atoms with Crippen LogP contribution in [0, 0.1) is 22.0 Å². The molecule has 5 rings (SSSR count). The van der Waals surface area contributed by atoms with Crippen molar-refractivity contribution in [1.82, 2.24) is 19.7 Å². The molecule has 1 unspecified atom stereocenters. The van der Waals surface area contributed by atoms with Crippen molar-refractivity contribution in [2.45, 2.75) is 56.8 Å². The third-order valence-corrected chi connectivity index (χ3v) is 9.10. The molecular formula is C28H27ClF2N5O8S2-. The molecule has 18 heteroatoms. The van der Waals surface area contributed by atoms with Crippen LogP contribution in [0.25, 0.3) is 11.1 Å². The maximum absolute atomic E-state index is 15.6. The number of hydrogen-bond donors (Lipinski definition) is 1. The number of H-pyrrole nitrogens is 1. The van der Waals surface area contributed by atoms with Crippen LogP contribution in [0.5, 0.6) is 11.5 Å². The number of nitrogens with one attached hydrogen (secondary N) is 1. The van der Waals surface area contributed by atoms with Crippen molar-refractivity contribution in [3.8, 4) is 22.6 Å². The number of halogens is 3. The SMILES string of the molecule is CC(C)(C)OC(=O)N(c1cscn1)S(=O)(=O)c1cc(Cl)c(Oc2ccc(F)cc2-c2cn(C3CCCCO3)[nH]c2=[N+]([O-])[O-])cc1F. The first kappa shape index (κ1) is 33.2. The van der Waals surface area contributed by atoms with Crippen LogP contribution in [0.15, 0.2) is 52.3 Å². The van der Waals surface area contributed by atoms with E-state index < -0.39 is 65.6 Å². The number of amides is 1. The fourth-order valence-electron chi connectivity index (χ4n) is 4.58. The summed E-state index contributed by atoms with van der Waals surface area (Å²) >= 11 is 7.37. The van der Waals surface area contributed by atoms with Crippen molar-refractivity contribution in [2.75, 3.05) is 10.9 Å². The van der Waals surface area contributed by atoms with E-state index in [1.54, 1.807) is 0 Å². The molecule has 0 spiro atoms. The number of benzene rings is 2. The number of sulfonamides is 1. The van der Waals surface area contributed by atoms with Gasteiger partial charge in [0.25, 0.3) is 10.0 Å². The molecule has 0 radical (unpaired) electrons. The van der Waals surface area contributed by atoms with Crippen LogP contribution in [0.1, 0.15) is 46.3 Å². The van der Waals surface area contributed by atoms with Gasteiger partial charge >= 0.3 is 11.6 Å². The minimum Gasteiger partial charge on any atom is -0.712 e. The molecule has 1 atom stereocenters. The van der Waals surface area contributed by atoms with Crippen molar-refractivity contribution < 1.29 is 36.2 Å². The third kappa shape index (κ3) is 6.96. The highest BCUT2D eigenvalue weighted by atomic mass is 35.5. The second-order valence-electron chi connectivity index (χ2n) is 11.0. The van der Waals surface area contributed by atoms with Crippen molar-refractivity contribution in [3.05, 3.63) is 80.0 Å². The quantitative estimate of drug-likeness (QED) is 0.219. The molecule has 46 heavy (non-hydrogen) atoms. The average Bonchev–Trinajstić information content (AvgIpc) is 3.66. The van der Waals surface area contributed by atoms with Gasteiger partial charge < -0.3 is 24.6 Å². The Kier molecular flexibility index (Phi) is 9.30. The van der Waals surface area contributed by atoms with E-state index in [0.717, 1.165) is 48.4 Å². The summed E-state index contributed by atoms with van der Waals surface area (Å²) in [5.41, 5.74) is -0.432. The Balaban J connectivity index is 1.54. The van der Waals surface area contributed by atoms with E-state index >= 15 is 4.39 Å². The van der Waals surface area contributed by atoms with Gasteiger partial charge in [0.15, 0.2) is 12.0 Å². The molecule has 1 aliphatic rings. The first-order valence-electron chi connectivity index (χ1n) is 13.7. The van der Waals surface area contributed by atoms with Crippen molar-refractivity contribution in [2.24, 2.45) is 0 Å². The Morgan fingerprint density at radius 1 is 1.20 bits per heavy atom. The molecule has 1 aliphatic heterocycles. The lowest BCUT2D eigenvalue weighted by atomic mass is 10.1. The predicted molar refractivity (Wildman–Crippen MR) is 165 cm³/mol. The van der Waals surface area contributed by atoms with Crippen LogP contribution in [0.3, 0.4) is 0 Å². The number of carbonyl (C=O) groups excluding carboxylic acids is 1. The van der Waals surface area contributed by atoms with Crippen molar-refractivity contribution in [3.63, 3.8) is 0 Å². The van der Waals surface area contributed by atoms with E-state index in [2.05, 4.69) is 10.1 Å². The normalized spacial score (nSPS) is 15.4. The molecule has 3 heterocycles. The summed E-state index contributed by atoms with van der Waals surface area (Å²) in [7, 11) is -4.97. The van der Waals surface area contributed by atoms with Gasteiger partial charge in [0, 0.05) is 23.6 Å². The number of aromatic amines is 1. The summed E-state index contributed by atoms with van der Waals surface area (Å²) in [6.07, 6.45) is 1.82. The van der Waals surface area contributed by atoms with Crippen molar-refractivity contribution >= 4 is 44.9 Å². The number of rotatable bonds is 7. The van der Waals surface area contributed by atoms with E-state index in [-0.39, 0.29) is 27.0 Å². The van der Waals surface area contributed by atoms with Gasteiger partial charge in [0.2, 0.25) is 0 Å². The highest BCUT2D eigenvalue weighted by molar-refractivity contribution is 7.93. The summed E-state index contributed by atoms with van der Waals surface area (Å²) in [6, 6.07) is 4.58. The molecule has 1 saturated heterocycles. The molecule has 4 aromatic rings. The highest BCUT2D eigenvalue weighted by Crippen LogP contribution is 2.39. The number of aromatic nitrogens is 3. The fourth-order valence-corrected chi connectivity index (χ4v) is 6.78. The second kappa shape index (κ2) is 12.9. The minimum atomic E-state index is -4.97. The summed E-state index contributed by atoms with van der Waals surface area (Å²) in [6.45, 7) is 5.03. The predicted octanol–water partition coefficient (Wildman–Crippen LogP) is 6.26. The Hall–Kier alpha value is -4.19. The number of ether oxygens (including phenoxy) is 3. The summed E-state index contributed by atoms with van der Waals surface area (Å²) in [4.78, 5) is 15.2. The second-order valence-corrected chi connectivity index (χ2v) is 13.9. The summed E-state index contributed by atoms with van der Waals surface area (Å²) in [5, 5.41) is 27.4. The maximum Gasteiger partial charge on any atom is 0.430 e. The lowest BCUT2D eigenvalue weighted by Crippen LogP contribution is -2.41. The Labute approximate surface area is 270 Å². The zero-order valence-electron chi connectivity index (χ0n) is 24.5. The lowest BCUT2D eigenvalue weighted by molar-refractivity contribution is -0.0398. The van der Waals surface area contributed by atoms with Gasteiger partial charge in [-0.05, 0) is 64.3 Å². The molecular weight excluding hydrogens is 672 g/mol. The average molecular weight is 699 g/mol. The molecule has 2 aromatic carbocycles. The lowest BCUT2D eigenvalue weighted by Gasteiger charge is -2.26. The topological polar surface area (TPSA) is 165 Å². The molecule has 1 N–H and O–H groups in total. The Bertz CT molecular complexity index is 1930. The van der Waals surface area contributed by atoms with Crippen LogP contribution in [-0.2, 0) is 19.5 Å². The largest absolute Gasteiger partial charge is 0.712 e. The highest BCUT2D eigenvalue weighted by Gasteiger charge is 2.38. The zero-order valence-corrected chi connectivity index (χ0v) is 26.9. The Morgan fingerprint density at radius 2 is 1.96 bits per heavy atom. The molecule has 1 amide bonds. The van der Waals surface area contributed by atoms with Gasteiger partial charge in [0.05, 0.1) is 22.3 Å². The van der Waals surface area contributed by atoms with E-state index in [1.807, 2.05) is 0 Å². The van der Waals surface area contributed by atoms with Crippen LogP contribution in [0.2, 0.25) is 5.02 Å². The van der Waals surface area contributed by atoms with Crippen LogP contribution < -0.4 is 19.4 Å². The van der Waals surface area contributed by atoms with Crippen LogP contribution in [0.4, 0.5) is 19.4 Å².